The molecule has 39 heavy (non-hydrogen) atoms. The van der Waals surface area contributed by atoms with E-state index in [1.807, 2.05) is 73.6 Å². The number of sulfonamides is 1. The molecule has 0 fully saturated rings. The first-order valence-electron chi connectivity index (χ1n) is 12.5. The van der Waals surface area contributed by atoms with Crippen molar-refractivity contribution in [1.82, 2.24) is 9.80 Å². The van der Waals surface area contributed by atoms with Crippen LogP contribution in [0.15, 0.2) is 78.9 Å². The lowest BCUT2D eigenvalue weighted by atomic mass is 10.00. The summed E-state index contributed by atoms with van der Waals surface area (Å²) < 4.78 is 26.6. The van der Waals surface area contributed by atoms with Crippen molar-refractivity contribution in [2.45, 2.75) is 0 Å². The summed E-state index contributed by atoms with van der Waals surface area (Å²) in [5, 5.41) is 6.27. The highest BCUT2D eigenvalue weighted by molar-refractivity contribution is 7.92. The van der Waals surface area contributed by atoms with E-state index in [-0.39, 0.29) is 18.4 Å². The van der Waals surface area contributed by atoms with E-state index in [1.54, 1.807) is 31.3 Å². The number of para-hydroxylation sites is 1. The molecule has 0 aliphatic carbocycles. The number of amides is 2. The maximum Gasteiger partial charge on any atom is 0.258 e. The second-order valence-corrected chi connectivity index (χ2v) is 11.6. The number of hydrogen-bond acceptors (Lipinski definition) is 6. The number of anilines is 3. The predicted molar refractivity (Wildman–Crippen MR) is 157 cm³/mol. The molecule has 0 saturated carbocycles. The Morgan fingerprint density at radius 3 is 2.28 bits per heavy atom. The van der Waals surface area contributed by atoms with Gasteiger partial charge in [-0.05, 0) is 43.9 Å². The number of carbonyl (C=O) groups is 2. The number of fused-ring (bicyclic) bond motifs is 1. The molecule has 1 aliphatic rings. The third kappa shape index (κ3) is 6.65. The molecule has 10 heteroatoms. The minimum absolute atomic E-state index is 0.233. The van der Waals surface area contributed by atoms with E-state index in [1.165, 1.54) is 4.90 Å². The number of nitrogens with zero attached hydrogens (tertiary/aromatic N) is 3. The van der Waals surface area contributed by atoms with Crippen LogP contribution in [0.3, 0.4) is 0 Å². The molecule has 0 bridgehead atoms. The SMILES string of the molecule is CN(C)CCN(C)C(=O)CN(c1cccc(N/C(=C2\C(=O)Nc3ccccc32)c2ccccc2)c1)S(C)(=O)=O. The lowest BCUT2D eigenvalue weighted by Gasteiger charge is -2.26. The summed E-state index contributed by atoms with van der Waals surface area (Å²) >= 11 is 0. The van der Waals surface area contributed by atoms with Crippen LogP contribution in [0.4, 0.5) is 17.1 Å². The average Bonchev–Trinajstić information content (AvgIpc) is 3.24. The molecular weight excluding hydrogens is 514 g/mol. The van der Waals surface area contributed by atoms with Crippen LogP contribution in [-0.2, 0) is 19.6 Å². The van der Waals surface area contributed by atoms with Crippen molar-refractivity contribution in [2.75, 3.05) is 62.0 Å². The van der Waals surface area contributed by atoms with Crippen LogP contribution in [0.25, 0.3) is 11.3 Å². The second kappa shape index (κ2) is 11.7. The molecule has 2 amide bonds. The Balaban J connectivity index is 1.70. The van der Waals surface area contributed by atoms with Crippen molar-refractivity contribution in [3.8, 4) is 0 Å². The maximum atomic E-state index is 13.1. The summed E-state index contributed by atoms with van der Waals surface area (Å²) in [5.41, 5.74) is 4.27. The zero-order chi connectivity index (χ0) is 28.2. The molecule has 4 rings (SSSR count). The van der Waals surface area contributed by atoms with Gasteiger partial charge in [0.2, 0.25) is 15.9 Å². The maximum absolute atomic E-state index is 13.1. The van der Waals surface area contributed by atoms with E-state index in [9.17, 15) is 18.0 Å². The van der Waals surface area contributed by atoms with Gasteiger partial charge in [0.25, 0.3) is 5.91 Å². The largest absolute Gasteiger partial charge is 0.354 e. The molecule has 0 radical (unpaired) electrons. The smallest absolute Gasteiger partial charge is 0.258 e. The molecule has 0 unspecified atom stereocenters. The van der Waals surface area contributed by atoms with Crippen LogP contribution in [-0.4, -0.2) is 77.1 Å². The van der Waals surface area contributed by atoms with Crippen LogP contribution in [0.2, 0.25) is 0 Å². The highest BCUT2D eigenvalue weighted by atomic mass is 32.2. The second-order valence-electron chi connectivity index (χ2n) is 9.68. The summed E-state index contributed by atoms with van der Waals surface area (Å²) in [6, 6.07) is 23.7. The highest BCUT2D eigenvalue weighted by Crippen LogP contribution is 2.37. The molecule has 2 N–H and O–H groups in total. The monoisotopic (exact) mass is 547 g/mol. The molecule has 204 valence electrons. The standard InChI is InChI=1S/C29H33N5O4S/c1-32(2)17-18-33(3)26(35)20-34(39(4,37)38)23-14-10-13-22(19-23)30-28(21-11-6-5-7-12-21)27-24-15-8-9-16-25(24)31-29(27)36/h5-16,19,30H,17-18,20H2,1-4H3,(H,31,36)/b28-27-. The fourth-order valence-corrected chi connectivity index (χ4v) is 5.09. The van der Waals surface area contributed by atoms with Gasteiger partial charge in [0.1, 0.15) is 6.54 Å². The van der Waals surface area contributed by atoms with Gasteiger partial charge in [0, 0.05) is 37.1 Å². The first-order chi connectivity index (χ1) is 18.5. The van der Waals surface area contributed by atoms with Gasteiger partial charge in [-0.25, -0.2) is 8.42 Å². The van der Waals surface area contributed by atoms with Crippen molar-refractivity contribution < 1.29 is 18.0 Å². The van der Waals surface area contributed by atoms with E-state index in [2.05, 4.69) is 10.6 Å². The quantitative estimate of drug-likeness (QED) is 0.377. The summed E-state index contributed by atoms with van der Waals surface area (Å²) in [4.78, 5) is 29.5. The first-order valence-corrected chi connectivity index (χ1v) is 14.3. The number of nitrogens with one attached hydrogen (secondary N) is 2. The fraction of sp³-hybridized carbons (Fsp3) is 0.241. The third-order valence-electron chi connectivity index (χ3n) is 6.38. The summed E-state index contributed by atoms with van der Waals surface area (Å²) in [6.45, 7) is 0.811. The first kappa shape index (κ1) is 27.9. The average molecular weight is 548 g/mol. The van der Waals surface area contributed by atoms with Gasteiger partial charge in [0.05, 0.1) is 23.2 Å². The van der Waals surface area contributed by atoms with Crippen LogP contribution >= 0.6 is 0 Å². The summed E-state index contributed by atoms with van der Waals surface area (Å²) in [6.07, 6.45) is 1.08. The Morgan fingerprint density at radius 2 is 1.59 bits per heavy atom. The van der Waals surface area contributed by atoms with Crippen LogP contribution < -0.4 is 14.9 Å². The number of likely N-dealkylation sites (N-methyl/N-ethyl adjacent to an activating group) is 2. The van der Waals surface area contributed by atoms with Gasteiger partial charge in [0.15, 0.2) is 0 Å². The topological polar surface area (TPSA) is 102 Å². The van der Waals surface area contributed by atoms with E-state index in [4.69, 9.17) is 0 Å². The molecule has 0 aromatic heterocycles. The van der Waals surface area contributed by atoms with Crippen molar-refractivity contribution >= 4 is 50.2 Å². The molecule has 1 aliphatic heterocycles. The normalized spacial score (nSPS) is 14.0. The zero-order valence-corrected chi connectivity index (χ0v) is 23.3. The van der Waals surface area contributed by atoms with Gasteiger partial charge >= 0.3 is 0 Å². The van der Waals surface area contributed by atoms with E-state index in [0.29, 0.717) is 35.7 Å². The Labute approximate surface area is 229 Å². The third-order valence-corrected chi connectivity index (χ3v) is 7.52. The molecule has 9 nitrogen and oxygen atoms in total. The Morgan fingerprint density at radius 1 is 0.897 bits per heavy atom. The van der Waals surface area contributed by atoms with Crippen molar-refractivity contribution in [2.24, 2.45) is 0 Å². The van der Waals surface area contributed by atoms with Crippen molar-refractivity contribution in [3.05, 3.63) is 90.0 Å². The van der Waals surface area contributed by atoms with Crippen molar-refractivity contribution in [3.63, 3.8) is 0 Å². The number of benzene rings is 3. The number of rotatable bonds is 10. The fourth-order valence-electron chi connectivity index (χ4n) is 4.25. The Kier molecular flexibility index (Phi) is 8.37. The number of hydrogen-bond donors (Lipinski definition) is 2. The van der Waals surface area contributed by atoms with Gasteiger partial charge < -0.3 is 20.4 Å². The molecule has 1 heterocycles. The summed E-state index contributed by atoms with van der Waals surface area (Å²) in [7, 11) is 1.71. The Hall–Kier alpha value is -4.15. The van der Waals surface area contributed by atoms with Gasteiger partial charge in [-0.3, -0.25) is 13.9 Å². The minimum atomic E-state index is -3.77. The molecule has 3 aromatic carbocycles. The number of carbonyl (C=O) groups excluding carboxylic acids is 2. The lowest BCUT2D eigenvalue weighted by Crippen LogP contribution is -2.43. The van der Waals surface area contributed by atoms with Crippen LogP contribution in [0.1, 0.15) is 11.1 Å². The molecule has 0 spiro atoms. The lowest BCUT2D eigenvalue weighted by molar-refractivity contribution is -0.128. The van der Waals surface area contributed by atoms with Gasteiger partial charge in [-0.1, -0.05) is 54.6 Å². The van der Waals surface area contributed by atoms with Gasteiger partial charge in [-0.2, -0.15) is 0 Å². The Bertz CT molecular complexity index is 1500. The van der Waals surface area contributed by atoms with Crippen LogP contribution in [0, 0.1) is 0 Å². The van der Waals surface area contributed by atoms with E-state index in [0.717, 1.165) is 27.4 Å². The van der Waals surface area contributed by atoms with E-state index < -0.39 is 10.0 Å². The molecular formula is C29H33N5O4S. The molecule has 3 aromatic rings. The van der Waals surface area contributed by atoms with E-state index >= 15 is 0 Å². The zero-order valence-electron chi connectivity index (χ0n) is 22.5. The highest BCUT2D eigenvalue weighted by Gasteiger charge is 2.28. The molecule has 0 saturated heterocycles. The van der Waals surface area contributed by atoms with Gasteiger partial charge in [-0.15, -0.1) is 0 Å². The minimum Gasteiger partial charge on any atom is -0.354 e. The molecule has 0 atom stereocenters. The van der Waals surface area contributed by atoms with Crippen LogP contribution in [0.5, 0.6) is 0 Å². The predicted octanol–water partition coefficient (Wildman–Crippen LogP) is 3.41. The van der Waals surface area contributed by atoms with Crippen molar-refractivity contribution in [1.29, 1.82) is 0 Å². The summed E-state index contributed by atoms with van der Waals surface area (Å²) in [5.74, 6) is -0.546.